The lowest BCUT2D eigenvalue weighted by Gasteiger charge is -2.25. The van der Waals surface area contributed by atoms with E-state index in [1.54, 1.807) is 0 Å². The van der Waals surface area contributed by atoms with Crippen molar-refractivity contribution in [3.05, 3.63) is 28.5 Å². The fraction of sp³-hybridized carbons (Fsp3) is 0.455. The monoisotopic (exact) mass is 352 g/mol. The first-order chi connectivity index (χ1) is 8.84. The molecule has 1 aromatic rings. The van der Waals surface area contributed by atoms with E-state index in [4.69, 9.17) is 0 Å². The summed E-state index contributed by atoms with van der Waals surface area (Å²) < 4.78 is 39.9. The van der Waals surface area contributed by atoms with E-state index in [9.17, 15) is 17.9 Å². The number of rotatable bonds is 3. The van der Waals surface area contributed by atoms with Gasteiger partial charge in [-0.3, -0.25) is 0 Å². The van der Waals surface area contributed by atoms with E-state index < -0.39 is 32.9 Å². The first-order valence-electron chi connectivity index (χ1n) is 5.66. The Balaban J connectivity index is 2.36. The predicted octanol–water partition coefficient (Wildman–Crippen LogP) is 0.541. The molecule has 1 aromatic carbocycles. The molecule has 0 unspecified atom stereocenters. The lowest BCUT2D eigenvalue weighted by molar-refractivity contribution is 0.136. The Kier molecular flexibility index (Phi) is 4.26. The van der Waals surface area contributed by atoms with Crippen molar-refractivity contribution in [2.75, 3.05) is 20.1 Å². The molecular weight excluding hydrogens is 339 g/mol. The lowest BCUT2D eigenvalue weighted by Crippen LogP contribution is -2.44. The van der Waals surface area contributed by atoms with Crippen LogP contribution in [-0.2, 0) is 10.0 Å². The molecule has 8 heteroatoms. The number of aliphatic hydroxyl groups is 1. The Labute approximate surface area is 119 Å². The van der Waals surface area contributed by atoms with E-state index in [-0.39, 0.29) is 0 Å². The highest BCUT2D eigenvalue weighted by molar-refractivity contribution is 9.10. The molecular formula is C11H14BrFN2O3S. The smallest absolute Gasteiger partial charge is 0.246 e. The van der Waals surface area contributed by atoms with E-state index in [1.807, 2.05) is 0 Å². The fourth-order valence-electron chi connectivity index (χ4n) is 2.04. The van der Waals surface area contributed by atoms with Crippen molar-refractivity contribution < 1.29 is 17.9 Å². The van der Waals surface area contributed by atoms with Gasteiger partial charge in [-0.2, -0.15) is 4.31 Å². The summed E-state index contributed by atoms with van der Waals surface area (Å²) in [7, 11) is -2.62. The SMILES string of the molecule is CN([C@H]1CNC[C@@H]1O)S(=O)(=O)c1ccc(Br)cc1F. The van der Waals surface area contributed by atoms with Gasteiger partial charge in [-0.25, -0.2) is 12.8 Å². The van der Waals surface area contributed by atoms with Gasteiger partial charge in [0.25, 0.3) is 0 Å². The minimum absolute atomic E-state index is 0.327. The summed E-state index contributed by atoms with van der Waals surface area (Å²) in [6, 6.07) is 3.19. The average Bonchev–Trinajstić information content (AvgIpc) is 2.73. The molecule has 5 nitrogen and oxygen atoms in total. The number of halogens is 2. The summed E-state index contributed by atoms with van der Waals surface area (Å²) in [6.45, 7) is 0.669. The van der Waals surface area contributed by atoms with Crippen LogP contribution < -0.4 is 5.32 Å². The van der Waals surface area contributed by atoms with E-state index >= 15 is 0 Å². The second-order valence-electron chi connectivity index (χ2n) is 4.39. The second kappa shape index (κ2) is 5.45. The Morgan fingerprint density at radius 2 is 2.16 bits per heavy atom. The fourth-order valence-corrected chi connectivity index (χ4v) is 3.80. The molecule has 0 aromatic heterocycles. The summed E-state index contributed by atoms with van der Waals surface area (Å²) >= 11 is 3.08. The van der Waals surface area contributed by atoms with Crippen LogP contribution >= 0.6 is 15.9 Å². The van der Waals surface area contributed by atoms with Crippen molar-refractivity contribution in [1.82, 2.24) is 9.62 Å². The molecule has 0 saturated carbocycles. The first kappa shape index (κ1) is 14.9. The number of β-amino-alcohol motifs (C(OH)–C–C–N with tert-alkyl or cyclic N) is 1. The van der Waals surface area contributed by atoms with Gasteiger partial charge in [0.1, 0.15) is 10.7 Å². The van der Waals surface area contributed by atoms with Gasteiger partial charge in [-0.1, -0.05) is 15.9 Å². The highest BCUT2D eigenvalue weighted by Crippen LogP contribution is 2.24. The number of nitrogens with one attached hydrogen (secondary N) is 1. The molecule has 2 atom stereocenters. The van der Waals surface area contributed by atoms with Gasteiger partial charge in [0.15, 0.2) is 0 Å². The third kappa shape index (κ3) is 2.82. The largest absolute Gasteiger partial charge is 0.390 e. The maximum Gasteiger partial charge on any atom is 0.246 e. The zero-order chi connectivity index (χ0) is 14.2. The summed E-state index contributed by atoms with van der Waals surface area (Å²) in [5.74, 6) is -0.818. The van der Waals surface area contributed by atoms with Gasteiger partial charge in [0.2, 0.25) is 10.0 Å². The van der Waals surface area contributed by atoms with Gasteiger partial charge in [0, 0.05) is 24.6 Å². The summed E-state index contributed by atoms with van der Waals surface area (Å²) in [5.41, 5.74) is 0. The standard InChI is InChI=1S/C11H14BrFN2O3S/c1-15(9-5-14-6-10(9)16)19(17,18)11-3-2-7(12)4-8(11)13/h2-4,9-10,14,16H,5-6H2,1H3/t9-,10-/m0/s1. The van der Waals surface area contributed by atoms with Crippen LogP contribution in [0.3, 0.4) is 0 Å². The van der Waals surface area contributed by atoms with E-state index in [1.165, 1.54) is 19.2 Å². The Morgan fingerprint density at radius 1 is 1.47 bits per heavy atom. The summed E-state index contributed by atoms with van der Waals surface area (Å²) in [5, 5.41) is 12.6. The number of hydrogen-bond acceptors (Lipinski definition) is 4. The van der Waals surface area contributed by atoms with Crippen molar-refractivity contribution in [3.8, 4) is 0 Å². The van der Waals surface area contributed by atoms with Crippen LogP contribution in [0.4, 0.5) is 4.39 Å². The zero-order valence-electron chi connectivity index (χ0n) is 10.2. The third-order valence-electron chi connectivity index (χ3n) is 3.17. The van der Waals surface area contributed by atoms with Crippen molar-refractivity contribution in [2.45, 2.75) is 17.0 Å². The van der Waals surface area contributed by atoms with E-state index in [2.05, 4.69) is 21.2 Å². The van der Waals surface area contributed by atoms with Gasteiger partial charge in [-0.05, 0) is 18.2 Å². The van der Waals surface area contributed by atoms with Crippen LogP contribution in [0.25, 0.3) is 0 Å². The summed E-state index contributed by atoms with van der Waals surface area (Å²) in [4.78, 5) is -0.391. The van der Waals surface area contributed by atoms with Crippen molar-refractivity contribution in [1.29, 1.82) is 0 Å². The quantitative estimate of drug-likeness (QED) is 0.833. The highest BCUT2D eigenvalue weighted by atomic mass is 79.9. The predicted molar refractivity (Wildman–Crippen MR) is 71.7 cm³/mol. The molecule has 1 fully saturated rings. The number of hydrogen-bond donors (Lipinski definition) is 2. The number of nitrogens with zero attached hydrogens (tertiary/aromatic N) is 1. The molecule has 0 spiro atoms. The molecule has 0 radical (unpaired) electrons. The van der Waals surface area contributed by atoms with Gasteiger partial charge < -0.3 is 10.4 Å². The Bertz CT molecular complexity index is 581. The third-order valence-corrected chi connectivity index (χ3v) is 5.58. The van der Waals surface area contributed by atoms with Crippen LogP contribution in [0.15, 0.2) is 27.6 Å². The van der Waals surface area contributed by atoms with Crippen LogP contribution in [0.5, 0.6) is 0 Å². The molecule has 1 saturated heterocycles. The minimum atomic E-state index is -3.97. The maximum absolute atomic E-state index is 13.8. The molecule has 2 rings (SSSR count). The molecule has 19 heavy (non-hydrogen) atoms. The number of sulfonamides is 1. The van der Waals surface area contributed by atoms with Gasteiger partial charge in [-0.15, -0.1) is 0 Å². The van der Waals surface area contributed by atoms with Gasteiger partial charge >= 0.3 is 0 Å². The van der Waals surface area contributed by atoms with Crippen molar-refractivity contribution in [2.24, 2.45) is 0 Å². The Morgan fingerprint density at radius 3 is 2.68 bits per heavy atom. The molecule has 106 valence electrons. The van der Waals surface area contributed by atoms with Crippen molar-refractivity contribution in [3.63, 3.8) is 0 Å². The van der Waals surface area contributed by atoms with Crippen LogP contribution in [0.1, 0.15) is 0 Å². The first-order valence-corrected chi connectivity index (χ1v) is 7.89. The van der Waals surface area contributed by atoms with Crippen LogP contribution in [0, 0.1) is 5.82 Å². The van der Waals surface area contributed by atoms with E-state index in [0.717, 1.165) is 10.4 Å². The lowest BCUT2D eigenvalue weighted by atomic mass is 10.2. The van der Waals surface area contributed by atoms with Crippen LogP contribution in [0.2, 0.25) is 0 Å². The normalized spacial score (nSPS) is 24.1. The topological polar surface area (TPSA) is 69.6 Å². The molecule has 0 bridgehead atoms. The molecule has 0 amide bonds. The Hall–Kier alpha value is -0.540. The second-order valence-corrected chi connectivity index (χ2v) is 7.27. The minimum Gasteiger partial charge on any atom is -0.390 e. The summed E-state index contributed by atoms with van der Waals surface area (Å²) in [6.07, 6.45) is -0.793. The molecule has 1 heterocycles. The highest BCUT2D eigenvalue weighted by Gasteiger charge is 2.36. The molecule has 0 aliphatic carbocycles. The van der Waals surface area contributed by atoms with Crippen molar-refractivity contribution >= 4 is 26.0 Å². The number of benzene rings is 1. The number of likely N-dealkylation sites (N-methyl/N-ethyl adjacent to an activating group) is 1. The van der Waals surface area contributed by atoms with Gasteiger partial charge in [0.05, 0.1) is 12.1 Å². The molecule has 1 aliphatic rings. The van der Waals surface area contributed by atoms with E-state index in [0.29, 0.717) is 17.6 Å². The van der Waals surface area contributed by atoms with Crippen LogP contribution in [-0.4, -0.2) is 50.1 Å². The maximum atomic E-state index is 13.8. The molecule has 1 aliphatic heterocycles. The molecule has 2 N–H and O–H groups in total. The average molecular weight is 353 g/mol. The zero-order valence-corrected chi connectivity index (χ0v) is 12.6. The number of aliphatic hydroxyl groups excluding tert-OH is 1.